The number of nitrogens with zero attached hydrogens (tertiary/aromatic N) is 2. The van der Waals surface area contributed by atoms with E-state index in [1.807, 2.05) is 28.3 Å². The van der Waals surface area contributed by atoms with Crippen LogP contribution in [0.25, 0.3) is 10.1 Å². The summed E-state index contributed by atoms with van der Waals surface area (Å²) in [6, 6.07) is 5.68. The van der Waals surface area contributed by atoms with Gasteiger partial charge in [0.1, 0.15) is 11.5 Å². The SMILES string of the molecule is CCCCc1nc(Cl)c(C(=O)NS(C)(=O)=O)n1Cc1csc2cccc(Cl)c12. The molecule has 0 radical (unpaired) electrons. The van der Waals surface area contributed by atoms with Gasteiger partial charge in [-0.3, -0.25) is 4.79 Å². The molecule has 3 aromatic rings. The number of aryl methyl sites for hydroxylation is 1. The number of hydrogen-bond acceptors (Lipinski definition) is 5. The maximum Gasteiger partial charge on any atom is 0.284 e. The lowest BCUT2D eigenvalue weighted by Gasteiger charge is -2.12. The molecule has 150 valence electrons. The quantitative estimate of drug-likeness (QED) is 0.564. The van der Waals surface area contributed by atoms with Crippen molar-refractivity contribution in [2.45, 2.75) is 32.7 Å². The molecular formula is C18H19Cl2N3O3S2. The molecule has 0 saturated carbocycles. The Morgan fingerprint density at radius 1 is 1.32 bits per heavy atom. The third kappa shape index (κ3) is 4.51. The van der Waals surface area contributed by atoms with Gasteiger partial charge in [-0.05, 0) is 29.5 Å². The number of amides is 1. The minimum Gasteiger partial charge on any atom is -0.318 e. The van der Waals surface area contributed by atoms with Crippen molar-refractivity contribution >= 4 is 60.6 Å². The molecule has 6 nitrogen and oxygen atoms in total. The van der Waals surface area contributed by atoms with Crippen molar-refractivity contribution in [2.24, 2.45) is 0 Å². The summed E-state index contributed by atoms with van der Waals surface area (Å²) in [7, 11) is -3.73. The summed E-state index contributed by atoms with van der Waals surface area (Å²) in [4.78, 5) is 16.9. The highest BCUT2D eigenvalue weighted by Gasteiger charge is 2.25. The van der Waals surface area contributed by atoms with Crippen LogP contribution in [0.15, 0.2) is 23.6 Å². The van der Waals surface area contributed by atoms with E-state index in [9.17, 15) is 13.2 Å². The van der Waals surface area contributed by atoms with Gasteiger partial charge in [-0.25, -0.2) is 18.1 Å². The van der Waals surface area contributed by atoms with Gasteiger partial charge in [0.05, 0.1) is 12.8 Å². The molecule has 0 fully saturated rings. The van der Waals surface area contributed by atoms with E-state index >= 15 is 0 Å². The van der Waals surface area contributed by atoms with E-state index in [0.717, 1.165) is 34.7 Å². The molecule has 2 aromatic heterocycles. The molecule has 0 aliphatic carbocycles. The Labute approximate surface area is 177 Å². The van der Waals surface area contributed by atoms with Gasteiger partial charge < -0.3 is 4.57 Å². The van der Waals surface area contributed by atoms with Gasteiger partial charge in [0.15, 0.2) is 5.15 Å². The summed E-state index contributed by atoms with van der Waals surface area (Å²) in [6.45, 7) is 2.37. The number of hydrogen-bond donors (Lipinski definition) is 1. The monoisotopic (exact) mass is 459 g/mol. The molecule has 1 aromatic carbocycles. The molecule has 0 unspecified atom stereocenters. The standard InChI is InChI=1S/C18H19Cl2N3O3S2/c1-3-4-8-14-21-17(20)16(18(24)22-28(2,25)26)23(14)9-11-10-27-13-7-5-6-12(19)15(11)13/h5-7,10H,3-4,8-9H2,1-2H3,(H,22,24). The average molecular weight is 460 g/mol. The predicted molar refractivity (Wildman–Crippen MR) is 114 cm³/mol. The van der Waals surface area contributed by atoms with Crippen molar-refractivity contribution in [1.82, 2.24) is 14.3 Å². The summed E-state index contributed by atoms with van der Waals surface area (Å²) in [5.41, 5.74) is 0.954. The fourth-order valence-electron chi connectivity index (χ4n) is 2.99. The first-order chi connectivity index (χ1) is 13.2. The third-order valence-corrected chi connectivity index (χ3v) is 6.34. The van der Waals surface area contributed by atoms with Crippen LogP contribution in [0.4, 0.5) is 0 Å². The Bertz CT molecular complexity index is 1140. The molecule has 0 aliphatic heterocycles. The van der Waals surface area contributed by atoms with Gasteiger partial charge in [0.25, 0.3) is 5.91 Å². The zero-order valence-electron chi connectivity index (χ0n) is 15.3. The Hall–Kier alpha value is -1.61. The molecule has 1 amide bonds. The molecule has 0 bridgehead atoms. The molecule has 0 atom stereocenters. The minimum absolute atomic E-state index is 0.0158. The van der Waals surface area contributed by atoms with Crippen molar-refractivity contribution < 1.29 is 13.2 Å². The molecule has 0 saturated heterocycles. The number of benzene rings is 1. The number of carbonyl (C=O) groups is 1. The summed E-state index contributed by atoms with van der Waals surface area (Å²) in [6.07, 6.45) is 3.36. The lowest BCUT2D eigenvalue weighted by atomic mass is 10.1. The Balaban J connectivity index is 2.10. The molecular weight excluding hydrogens is 441 g/mol. The molecule has 0 spiro atoms. The highest BCUT2D eigenvalue weighted by atomic mass is 35.5. The van der Waals surface area contributed by atoms with Gasteiger partial charge in [-0.15, -0.1) is 11.3 Å². The Kier molecular flexibility index (Phi) is 6.34. The van der Waals surface area contributed by atoms with Crippen molar-refractivity contribution in [3.05, 3.63) is 50.8 Å². The first kappa shape index (κ1) is 21.1. The Morgan fingerprint density at radius 3 is 2.75 bits per heavy atom. The molecule has 10 heteroatoms. The maximum atomic E-state index is 12.6. The normalized spacial score (nSPS) is 11.9. The number of unbranched alkanes of at least 4 members (excludes halogenated alkanes) is 1. The lowest BCUT2D eigenvalue weighted by Crippen LogP contribution is -2.31. The third-order valence-electron chi connectivity index (χ3n) is 4.20. The number of halogens is 2. The van der Waals surface area contributed by atoms with Crippen LogP contribution in [0.2, 0.25) is 10.2 Å². The minimum atomic E-state index is -3.73. The number of carbonyl (C=O) groups excluding carboxylic acids is 1. The van der Waals surface area contributed by atoms with Crippen LogP contribution < -0.4 is 4.72 Å². The van der Waals surface area contributed by atoms with Gasteiger partial charge in [-0.1, -0.05) is 42.6 Å². The van der Waals surface area contributed by atoms with Gasteiger partial charge in [-0.2, -0.15) is 0 Å². The van der Waals surface area contributed by atoms with Gasteiger partial charge in [0.2, 0.25) is 10.0 Å². The van der Waals surface area contributed by atoms with E-state index < -0.39 is 15.9 Å². The topological polar surface area (TPSA) is 81.1 Å². The van der Waals surface area contributed by atoms with Gasteiger partial charge >= 0.3 is 0 Å². The number of fused-ring (bicyclic) bond motifs is 1. The summed E-state index contributed by atoms with van der Waals surface area (Å²) >= 11 is 14.2. The largest absolute Gasteiger partial charge is 0.318 e. The molecule has 2 heterocycles. The number of rotatable bonds is 7. The summed E-state index contributed by atoms with van der Waals surface area (Å²) < 4.78 is 27.8. The first-order valence-electron chi connectivity index (χ1n) is 8.63. The predicted octanol–water partition coefficient (Wildman–Crippen LogP) is 4.48. The number of imidazole rings is 1. The van der Waals surface area contributed by atoms with Crippen molar-refractivity contribution in [3.63, 3.8) is 0 Å². The second-order valence-corrected chi connectivity index (χ2v) is 9.86. The summed E-state index contributed by atoms with van der Waals surface area (Å²) in [5, 5.41) is 3.50. The smallest absolute Gasteiger partial charge is 0.284 e. The molecule has 28 heavy (non-hydrogen) atoms. The second kappa shape index (κ2) is 8.41. The van der Waals surface area contributed by atoms with Crippen molar-refractivity contribution in [3.8, 4) is 0 Å². The molecule has 3 rings (SSSR count). The number of nitrogens with one attached hydrogen (secondary N) is 1. The zero-order valence-corrected chi connectivity index (χ0v) is 18.5. The fraction of sp³-hybridized carbons (Fsp3) is 0.333. The van der Waals surface area contributed by atoms with Crippen LogP contribution in [-0.2, 0) is 23.0 Å². The van der Waals surface area contributed by atoms with Crippen LogP contribution in [0.1, 0.15) is 41.6 Å². The van der Waals surface area contributed by atoms with Crippen LogP contribution in [-0.4, -0.2) is 30.1 Å². The summed E-state index contributed by atoms with van der Waals surface area (Å²) in [5.74, 6) is -0.162. The Morgan fingerprint density at radius 2 is 2.07 bits per heavy atom. The highest BCUT2D eigenvalue weighted by molar-refractivity contribution is 7.89. The van der Waals surface area contributed by atoms with E-state index in [1.54, 1.807) is 15.9 Å². The van der Waals surface area contributed by atoms with E-state index in [1.165, 1.54) is 0 Å². The van der Waals surface area contributed by atoms with Crippen LogP contribution in [0, 0.1) is 0 Å². The second-order valence-electron chi connectivity index (χ2n) is 6.43. The van der Waals surface area contributed by atoms with Crippen LogP contribution >= 0.6 is 34.5 Å². The average Bonchev–Trinajstić information content (AvgIpc) is 3.14. The van der Waals surface area contributed by atoms with E-state index in [-0.39, 0.29) is 10.8 Å². The van der Waals surface area contributed by atoms with E-state index in [4.69, 9.17) is 23.2 Å². The first-order valence-corrected chi connectivity index (χ1v) is 12.2. The van der Waals surface area contributed by atoms with Gasteiger partial charge in [0, 0.05) is 21.5 Å². The zero-order chi connectivity index (χ0) is 20.5. The maximum absolute atomic E-state index is 12.6. The number of aromatic nitrogens is 2. The molecule has 0 aliphatic rings. The van der Waals surface area contributed by atoms with Crippen LogP contribution in [0.3, 0.4) is 0 Å². The van der Waals surface area contributed by atoms with Crippen molar-refractivity contribution in [2.75, 3.05) is 6.26 Å². The van der Waals surface area contributed by atoms with E-state index in [0.29, 0.717) is 23.8 Å². The number of sulfonamides is 1. The van der Waals surface area contributed by atoms with E-state index in [2.05, 4.69) is 11.9 Å². The highest BCUT2D eigenvalue weighted by Crippen LogP contribution is 2.33. The fourth-order valence-corrected chi connectivity index (χ4v) is 5.04. The lowest BCUT2D eigenvalue weighted by molar-refractivity contribution is 0.0973. The number of thiophene rings is 1. The molecule has 1 N–H and O–H groups in total. The van der Waals surface area contributed by atoms with Crippen molar-refractivity contribution in [1.29, 1.82) is 0 Å². The van der Waals surface area contributed by atoms with Crippen LogP contribution in [0.5, 0.6) is 0 Å².